The van der Waals surface area contributed by atoms with Gasteiger partial charge in [0, 0.05) is 27.5 Å². The van der Waals surface area contributed by atoms with E-state index >= 15 is 0 Å². The Bertz CT molecular complexity index is 4060. The topological polar surface area (TPSA) is 75.6 Å². The lowest BCUT2D eigenvalue weighted by Crippen LogP contribution is -2.25. The molecule has 5 nitrogen and oxygen atoms in total. The zero-order valence-electron chi connectivity index (χ0n) is 37.6. The molecule has 12 aromatic rings. The van der Waals surface area contributed by atoms with Crippen molar-refractivity contribution in [2.24, 2.45) is 0 Å². The predicted molar refractivity (Wildman–Crippen MR) is 281 cm³/mol. The summed E-state index contributed by atoms with van der Waals surface area (Å²) >= 11 is 0. The van der Waals surface area contributed by atoms with Gasteiger partial charge in [0.05, 0.1) is 17.0 Å². The van der Waals surface area contributed by atoms with Crippen LogP contribution in [0.4, 0.5) is 0 Å². The van der Waals surface area contributed by atoms with Crippen LogP contribution in [0.25, 0.3) is 112 Å². The van der Waals surface area contributed by atoms with Crippen molar-refractivity contribution in [1.29, 1.82) is 5.26 Å². The normalized spacial score (nSPS) is 12.7. The Kier molecular flexibility index (Phi) is 8.80. The molecule has 0 saturated carbocycles. The Balaban J connectivity index is 0.818. The van der Waals surface area contributed by atoms with E-state index in [0.29, 0.717) is 34.2 Å². The number of furan rings is 1. The number of rotatable bonds is 6. The molecule has 2 heterocycles. The van der Waals surface area contributed by atoms with Gasteiger partial charge in [-0.1, -0.05) is 188 Å². The highest BCUT2D eigenvalue weighted by atomic mass is 16.3. The third-order valence-corrected chi connectivity index (χ3v) is 14.4. The first-order chi connectivity index (χ1) is 34.6. The second-order valence-electron chi connectivity index (χ2n) is 18.2. The van der Waals surface area contributed by atoms with Crippen molar-refractivity contribution in [3.63, 3.8) is 0 Å². The van der Waals surface area contributed by atoms with Gasteiger partial charge in [-0.2, -0.15) is 5.26 Å². The van der Waals surface area contributed by atoms with E-state index in [1.807, 2.05) is 60.7 Å². The van der Waals surface area contributed by atoms with Crippen LogP contribution < -0.4 is 0 Å². The molecule has 2 aromatic heterocycles. The van der Waals surface area contributed by atoms with Gasteiger partial charge in [-0.05, 0) is 120 Å². The van der Waals surface area contributed by atoms with Gasteiger partial charge in [-0.3, -0.25) is 0 Å². The summed E-state index contributed by atoms with van der Waals surface area (Å²) < 4.78 is 6.29. The molecule has 70 heavy (non-hydrogen) atoms. The Hall–Kier alpha value is -9.50. The molecular weight excluding hydrogens is 853 g/mol. The zero-order valence-corrected chi connectivity index (χ0v) is 37.6. The summed E-state index contributed by atoms with van der Waals surface area (Å²) in [5.74, 6) is 1.68. The lowest BCUT2D eigenvalue weighted by Gasteiger charge is -2.30. The van der Waals surface area contributed by atoms with Crippen LogP contribution in [0.1, 0.15) is 27.8 Å². The van der Waals surface area contributed by atoms with Crippen LogP contribution in [0.2, 0.25) is 0 Å². The number of hydrogen-bond donors (Lipinski definition) is 0. The van der Waals surface area contributed by atoms with E-state index < -0.39 is 0 Å². The molecule has 0 atom stereocenters. The van der Waals surface area contributed by atoms with E-state index in [9.17, 15) is 5.26 Å². The number of aromatic nitrogens is 3. The van der Waals surface area contributed by atoms with Crippen LogP contribution in [0, 0.1) is 11.3 Å². The highest BCUT2D eigenvalue weighted by Gasteiger charge is 2.51. The molecule has 10 aromatic carbocycles. The van der Waals surface area contributed by atoms with Gasteiger partial charge in [-0.25, -0.2) is 15.0 Å². The van der Waals surface area contributed by atoms with Crippen molar-refractivity contribution in [2.45, 2.75) is 5.41 Å². The van der Waals surface area contributed by atoms with Crippen molar-refractivity contribution >= 4 is 21.9 Å². The van der Waals surface area contributed by atoms with Crippen molar-refractivity contribution in [1.82, 2.24) is 15.0 Å². The molecule has 1 spiro atoms. The largest absolute Gasteiger partial charge is 0.456 e. The van der Waals surface area contributed by atoms with E-state index in [1.54, 1.807) is 6.07 Å². The van der Waals surface area contributed by atoms with Crippen molar-refractivity contribution < 1.29 is 4.42 Å². The number of hydrogen-bond acceptors (Lipinski definition) is 5. The second kappa shape index (κ2) is 15.5. The molecular formula is C65H38N4O. The molecule has 0 radical (unpaired) electrons. The first kappa shape index (κ1) is 39.6. The van der Waals surface area contributed by atoms with Crippen molar-refractivity contribution in [3.05, 3.63) is 258 Å². The van der Waals surface area contributed by atoms with Gasteiger partial charge in [-0.15, -0.1) is 0 Å². The number of benzene rings is 10. The Morgan fingerprint density at radius 2 is 0.729 bits per heavy atom. The van der Waals surface area contributed by atoms with Crippen LogP contribution in [-0.4, -0.2) is 15.0 Å². The molecule has 2 aliphatic rings. The molecule has 2 aliphatic carbocycles. The summed E-state index contributed by atoms with van der Waals surface area (Å²) in [7, 11) is 0. The number of fused-ring (bicyclic) bond motifs is 13. The predicted octanol–water partition coefficient (Wildman–Crippen LogP) is 16.0. The lowest BCUT2D eigenvalue weighted by molar-refractivity contribution is 0.669. The molecule has 0 N–H and O–H groups in total. The minimum Gasteiger partial charge on any atom is -0.456 e. The lowest BCUT2D eigenvalue weighted by atomic mass is 9.70. The summed E-state index contributed by atoms with van der Waals surface area (Å²) in [6.45, 7) is 0. The summed E-state index contributed by atoms with van der Waals surface area (Å²) in [5, 5.41) is 11.4. The van der Waals surface area contributed by atoms with E-state index in [0.717, 1.165) is 49.7 Å². The summed E-state index contributed by atoms with van der Waals surface area (Å²) in [4.78, 5) is 15.3. The Morgan fingerprint density at radius 1 is 0.314 bits per heavy atom. The van der Waals surface area contributed by atoms with Crippen LogP contribution in [-0.2, 0) is 5.41 Å². The van der Waals surface area contributed by atoms with Crippen molar-refractivity contribution in [2.75, 3.05) is 0 Å². The summed E-state index contributed by atoms with van der Waals surface area (Å²) in [5.41, 5.74) is 21.5. The minimum absolute atomic E-state index is 0.380. The molecule has 14 rings (SSSR count). The average Bonchev–Trinajstić information content (AvgIpc) is 4.06. The van der Waals surface area contributed by atoms with Crippen molar-refractivity contribution in [3.8, 4) is 95.9 Å². The standard InChI is InChI=1S/C65H38N4O/c66-39-40-21-32-54-55-34-31-49(38-61(55)70-60(54)35-40)64-68-62(67-63(69-64)48-14-10-13-46(36-48)41-11-2-1-3-12-41)45-28-26-43(27-29-45)42-22-24-44(25-23-42)47-30-33-53-52-17-6-9-20-58(52)65(59(53)37-47)56-18-7-4-15-50(56)51-16-5-8-19-57(51)65/h1-38H. The fraction of sp³-hybridized carbons (Fsp3) is 0.0154. The quantitative estimate of drug-likeness (QED) is 0.166. The van der Waals surface area contributed by atoms with Gasteiger partial charge in [0.25, 0.3) is 0 Å². The maximum Gasteiger partial charge on any atom is 0.164 e. The Morgan fingerprint density at radius 3 is 1.34 bits per heavy atom. The van der Waals surface area contributed by atoms with E-state index in [1.165, 1.54) is 55.6 Å². The van der Waals surface area contributed by atoms with Gasteiger partial charge in [0.15, 0.2) is 17.5 Å². The molecule has 0 bridgehead atoms. The maximum atomic E-state index is 9.51. The minimum atomic E-state index is -0.380. The van der Waals surface area contributed by atoms with Gasteiger partial charge in [0.1, 0.15) is 11.2 Å². The highest BCUT2D eigenvalue weighted by Crippen LogP contribution is 2.63. The monoisotopic (exact) mass is 890 g/mol. The van der Waals surface area contributed by atoms with E-state index in [4.69, 9.17) is 19.4 Å². The molecule has 5 heteroatoms. The maximum absolute atomic E-state index is 9.51. The summed E-state index contributed by atoms with van der Waals surface area (Å²) in [6, 6.07) is 83.8. The molecule has 0 saturated heterocycles. The van der Waals surface area contributed by atoms with Crippen LogP contribution in [0.3, 0.4) is 0 Å². The smallest absolute Gasteiger partial charge is 0.164 e. The first-order valence-electron chi connectivity index (χ1n) is 23.5. The Labute approximate surface area is 404 Å². The van der Waals surface area contributed by atoms with Crippen LogP contribution >= 0.6 is 0 Å². The van der Waals surface area contributed by atoms with E-state index in [-0.39, 0.29) is 5.41 Å². The molecule has 0 amide bonds. The molecule has 0 unspecified atom stereocenters. The average molecular weight is 891 g/mol. The molecule has 0 fully saturated rings. The SMILES string of the molecule is N#Cc1ccc2c(c1)oc1cc(-c3nc(-c4ccc(-c5ccc(-c6ccc7c(c6)C6(c8ccccc8-c8ccccc86)c6ccccc6-7)cc5)cc4)nc(-c4cccc(-c5ccccc5)c4)n3)ccc12. The van der Waals surface area contributed by atoms with Crippen LogP contribution in [0.5, 0.6) is 0 Å². The number of nitriles is 1. The molecule has 0 aliphatic heterocycles. The van der Waals surface area contributed by atoms with Gasteiger partial charge >= 0.3 is 0 Å². The van der Waals surface area contributed by atoms with E-state index in [2.05, 4.69) is 170 Å². The zero-order chi connectivity index (χ0) is 46.3. The fourth-order valence-corrected chi connectivity index (χ4v) is 11.2. The van der Waals surface area contributed by atoms with Crippen LogP contribution in [0.15, 0.2) is 235 Å². The fourth-order valence-electron chi connectivity index (χ4n) is 11.2. The third-order valence-electron chi connectivity index (χ3n) is 14.4. The van der Waals surface area contributed by atoms with Gasteiger partial charge < -0.3 is 4.42 Å². The first-order valence-corrected chi connectivity index (χ1v) is 23.5. The highest BCUT2D eigenvalue weighted by molar-refractivity contribution is 6.06. The third kappa shape index (κ3) is 6.07. The van der Waals surface area contributed by atoms with Gasteiger partial charge in [0.2, 0.25) is 0 Å². The second-order valence-corrected chi connectivity index (χ2v) is 18.2. The number of nitrogens with zero attached hydrogens (tertiary/aromatic N) is 4. The molecule has 324 valence electrons. The summed E-state index contributed by atoms with van der Waals surface area (Å²) in [6.07, 6.45) is 0.